The second-order valence-corrected chi connectivity index (χ2v) is 6.45. The van der Waals surface area contributed by atoms with Gasteiger partial charge in [-0.25, -0.2) is 4.39 Å². The fraction of sp³-hybridized carbons (Fsp3) is 0.619. The molecular formula is C21H31FO4. The van der Waals surface area contributed by atoms with Crippen LogP contribution in [0.1, 0.15) is 77.6 Å². The topological polar surface area (TPSA) is 52.6 Å². The largest absolute Gasteiger partial charge is 0.466 e. The number of rotatable bonds is 14. The molecule has 0 fully saturated rings. The van der Waals surface area contributed by atoms with Crippen LogP contribution in [0.2, 0.25) is 0 Å². The molecule has 26 heavy (non-hydrogen) atoms. The minimum Gasteiger partial charge on any atom is -0.466 e. The van der Waals surface area contributed by atoms with Gasteiger partial charge in [0.25, 0.3) is 0 Å². The number of unbranched alkanes of at least 4 members (excludes halogenated alkanes) is 7. The lowest BCUT2D eigenvalue weighted by atomic mass is 10.1. The summed E-state index contributed by atoms with van der Waals surface area (Å²) in [5.41, 5.74) is 0. The first-order valence-electron chi connectivity index (χ1n) is 9.74. The van der Waals surface area contributed by atoms with E-state index in [4.69, 9.17) is 9.47 Å². The van der Waals surface area contributed by atoms with Crippen LogP contribution >= 0.6 is 0 Å². The Balaban J connectivity index is 1.93. The lowest BCUT2D eigenvalue weighted by Gasteiger charge is -2.05. The van der Waals surface area contributed by atoms with Gasteiger partial charge in [-0.1, -0.05) is 57.6 Å². The van der Waals surface area contributed by atoms with Gasteiger partial charge in [0, 0.05) is 12.8 Å². The first-order chi connectivity index (χ1) is 12.6. The summed E-state index contributed by atoms with van der Waals surface area (Å²) in [5, 5.41) is 0. The monoisotopic (exact) mass is 366 g/mol. The maximum absolute atomic E-state index is 13.4. The molecule has 1 aromatic rings. The molecule has 0 spiro atoms. The van der Waals surface area contributed by atoms with E-state index in [0.29, 0.717) is 19.4 Å². The van der Waals surface area contributed by atoms with Gasteiger partial charge in [-0.05, 0) is 31.4 Å². The zero-order valence-corrected chi connectivity index (χ0v) is 15.8. The Morgan fingerprint density at radius 3 is 2.12 bits per heavy atom. The van der Waals surface area contributed by atoms with Crippen molar-refractivity contribution < 1.29 is 23.5 Å². The van der Waals surface area contributed by atoms with Crippen molar-refractivity contribution in [1.82, 2.24) is 0 Å². The second kappa shape index (κ2) is 14.3. The van der Waals surface area contributed by atoms with E-state index in [-0.39, 0.29) is 11.7 Å². The molecule has 0 radical (unpaired) electrons. The molecule has 0 bridgehead atoms. The number of esters is 2. The van der Waals surface area contributed by atoms with Crippen LogP contribution in [0, 0.1) is 5.82 Å². The molecule has 0 aliphatic rings. The van der Waals surface area contributed by atoms with Gasteiger partial charge < -0.3 is 9.47 Å². The van der Waals surface area contributed by atoms with Crippen molar-refractivity contribution in [2.75, 3.05) is 6.61 Å². The summed E-state index contributed by atoms with van der Waals surface area (Å²) in [7, 11) is 0. The molecule has 0 atom stereocenters. The molecule has 0 saturated heterocycles. The molecule has 0 heterocycles. The molecule has 5 heteroatoms. The Morgan fingerprint density at radius 2 is 1.46 bits per heavy atom. The van der Waals surface area contributed by atoms with Gasteiger partial charge in [0.2, 0.25) is 0 Å². The van der Waals surface area contributed by atoms with E-state index in [1.165, 1.54) is 12.1 Å². The van der Waals surface area contributed by atoms with E-state index < -0.39 is 11.8 Å². The minimum absolute atomic E-state index is 0.0147. The summed E-state index contributed by atoms with van der Waals surface area (Å²) < 4.78 is 23.5. The van der Waals surface area contributed by atoms with Crippen LogP contribution in [0.15, 0.2) is 24.3 Å². The average Bonchev–Trinajstić information content (AvgIpc) is 2.63. The normalized spacial score (nSPS) is 10.5. The average molecular weight is 366 g/mol. The van der Waals surface area contributed by atoms with Crippen molar-refractivity contribution in [3.05, 3.63) is 30.1 Å². The van der Waals surface area contributed by atoms with Crippen LogP contribution in [0.25, 0.3) is 0 Å². The van der Waals surface area contributed by atoms with Crippen LogP contribution in [0.3, 0.4) is 0 Å². The van der Waals surface area contributed by atoms with Crippen molar-refractivity contribution in [2.24, 2.45) is 0 Å². The number of carbonyl (C=O) groups excluding carboxylic acids is 2. The molecular weight excluding hydrogens is 335 g/mol. The van der Waals surface area contributed by atoms with Crippen molar-refractivity contribution in [3.8, 4) is 5.75 Å². The summed E-state index contributed by atoms with van der Waals surface area (Å²) >= 11 is 0. The fourth-order valence-corrected chi connectivity index (χ4v) is 2.56. The Labute approximate surface area is 156 Å². The van der Waals surface area contributed by atoms with Crippen LogP contribution in [-0.2, 0) is 14.3 Å². The number of hydrogen-bond acceptors (Lipinski definition) is 4. The zero-order chi connectivity index (χ0) is 19.0. The maximum Gasteiger partial charge on any atom is 0.311 e. The number of ether oxygens (including phenoxy) is 2. The first kappa shape index (κ1) is 22.1. The summed E-state index contributed by atoms with van der Waals surface area (Å²) in [5.74, 6) is -1.04. The summed E-state index contributed by atoms with van der Waals surface area (Å²) in [6.45, 7) is 2.66. The summed E-state index contributed by atoms with van der Waals surface area (Å²) in [4.78, 5) is 23.2. The molecule has 0 aromatic heterocycles. The summed E-state index contributed by atoms with van der Waals surface area (Å²) in [6.07, 6.45) is 9.48. The number of benzene rings is 1. The van der Waals surface area contributed by atoms with Crippen LogP contribution in [0.5, 0.6) is 5.75 Å². The quantitative estimate of drug-likeness (QED) is 0.245. The van der Waals surface area contributed by atoms with Gasteiger partial charge in [-0.3, -0.25) is 9.59 Å². The lowest BCUT2D eigenvalue weighted by Crippen LogP contribution is -2.08. The molecule has 0 aliphatic carbocycles. The smallest absolute Gasteiger partial charge is 0.311 e. The zero-order valence-electron chi connectivity index (χ0n) is 15.8. The van der Waals surface area contributed by atoms with E-state index >= 15 is 0 Å². The summed E-state index contributed by atoms with van der Waals surface area (Å²) in [6, 6.07) is 5.90. The van der Waals surface area contributed by atoms with Gasteiger partial charge in [-0.2, -0.15) is 0 Å². The van der Waals surface area contributed by atoms with E-state index in [9.17, 15) is 14.0 Å². The third-order valence-corrected chi connectivity index (χ3v) is 4.08. The molecule has 0 unspecified atom stereocenters. The van der Waals surface area contributed by atoms with Crippen molar-refractivity contribution >= 4 is 11.9 Å². The predicted molar refractivity (Wildman–Crippen MR) is 99.5 cm³/mol. The fourth-order valence-electron chi connectivity index (χ4n) is 2.56. The first-order valence-corrected chi connectivity index (χ1v) is 9.74. The van der Waals surface area contributed by atoms with Crippen molar-refractivity contribution in [1.29, 1.82) is 0 Å². The Bertz CT molecular complexity index is 530. The minimum atomic E-state index is -0.523. The van der Waals surface area contributed by atoms with Gasteiger partial charge in [0.05, 0.1) is 6.61 Å². The van der Waals surface area contributed by atoms with Crippen LogP contribution in [0.4, 0.5) is 4.39 Å². The second-order valence-electron chi connectivity index (χ2n) is 6.45. The van der Waals surface area contributed by atoms with E-state index in [2.05, 4.69) is 6.92 Å². The van der Waals surface area contributed by atoms with E-state index in [0.717, 1.165) is 57.8 Å². The molecule has 146 valence electrons. The van der Waals surface area contributed by atoms with Crippen molar-refractivity contribution in [3.63, 3.8) is 0 Å². The number of carbonyl (C=O) groups is 2. The van der Waals surface area contributed by atoms with Gasteiger partial charge >= 0.3 is 11.9 Å². The number of para-hydroxylation sites is 1. The highest BCUT2D eigenvalue weighted by Crippen LogP contribution is 2.17. The molecule has 0 amide bonds. The highest BCUT2D eigenvalue weighted by atomic mass is 19.1. The SMILES string of the molecule is CCCCCOC(=O)CCCCCCCCC(=O)Oc1ccccc1F. The predicted octanol–water partition coefficient (Wildman–Crippen LogP) is 5.59. The lowest BCUT2D eigenvalue weighted by molar-refractivity contribution is -0.144. The molecule has 0 aliphatic heterocycles. The van der Waals surface area contributed by atoms with Crippen LogP contribution in [-0.4, -0.2) is 18.5 Å². The standard InChI is InChI=1S/C21H31FO4/c1-2-3-12-17-25-20(23)15-8-6-4-5-7-9-16-21(24)26-19-14-11-10-13-18(19)22/h10-11,13-14H,2-9,12,15-17H2,1H3. The molecule has 0 saturated carbocycles. The molecule has 0 N–H and O–H groups in total. The van der Waals surface area contributed by atoms with Gasteiger partial charge in [-0.15, -0.1) is 0 Å². The highest BCUT2D eigenvalue weighted by Gasteiger charge is 2.08. The molecule has 4 nitrogen and oxygen atoms in total. The Hall–Kier alpha value is -1.91. The number of hydrogen-bond donors (Lipinski definition) is 0. The third-order valence-electron chi connectivity index (χ3n) is 4.08. The van der Waals surface area contributed by atoms with E-state index in [1.54, 1.807) is 12.1 Å². The number of halogens is 1. The van der Waals surface area contributed by atoms with E-state index in [1.807, 2.05) is 0 Å². The van der Waals surface area contributed by atoms with Crippen molar-refractivity contribution in [2.45, 2.75) is 77.6 Å². The highest BCUT2D eigenvalue weighted by molar-refractivity contribution is 5.72. The maximum atomic E-state index is 13.4. The third kappa shape index (κ3) is 10.9. The Morgan fingerprint density at radius 1 is 0.846 bits per heavy atom. The van der Waals surface area contributed by atoms with Crippen LogP contribution < -0.4 is 4.74 Å². The molecule has 1 rings (SSSR count). The van der Waals surface area contributed by atoms with Gasteiger partial charge in [0.1, 0.15) is 0 Å². The van der Waals surface area contributed by atoms with Gasteiger partial charge in [0.15, 0.2) is 11.6 Å². The molecule has 1 aromatic carbocycles. The Kier molecular flexibility index (Phi) is 12.2.